The number of carbonyl (C=O) groups is 2. The number of hydrogen-bond acceptors (Lipinski definition) is 5. The van der Waals surface area contributed by atoms with Crippen molar-refractivity contribution >= 4 is 44.9 Å². The highest BCUT2D eigenvalue weighted by molar-refractivity contribution is 7.91. The molecule has 0 amide bonds. The third-order valence-corrected chi connectivity index (χ3v) is 5.57. The molecule has 1 atom stereocenters. The van der Waals surface area contributed by atoms with Gasteiger partial charge in [0.25, 0.3) is 10.0 Å². The van der Waals surface area contributed by atoms with Crippen molar-refractivity contribution in [3.05, 3.63) is 16.0 Å². The fourth-order valence-corrected chi connectivity index (χ4v) is 4.08. The summed E-state index contributed by atoms with van der Waals surface area (Å²) < 4.78 is 25.7. The molecule has 0 radical (unpaired) electrons. The Balaban J connectivity index is 3.00. The normalized spacial score (nSPS) is 13.2. The molecule has 1 aromatic rings. The number of carboxylic acids is 2. The molecule has 106 valence electrons. The second kappa shape index (κ2) is 5.87. The van der Waals surface area contributed by atoms with Crippen molar-refractivity contribution in [2.24, 2.45) is 0 Å². The summed E-state index contributed by atoms with van der Waals surface area (Å²) in [5, 5.41) is 17.3. The number of nitrogens with one attached hydrogen (secondary N) is 1. The first kappa shape index (κ1) is 15.9. The van der Waals surface area contributed by atoms with Crippen molar-refractivity contribution in [1.29, 1.82) is 0 Å². The van der Waals surface area contributed by atoms with Crippen molar-refractivity contribution < 1.29 is 28.2 Å². The summed E-state index contributed by atoms with van der Waals surface area (Å²) in [5.74, 6) is -2.99. The Hall–Kier alpha value is -1.16. The van der Waals surface area contributed by atoms with Crippen molar-refractivity contribution in [1.82, 2.24) is 4.72 Å². The van der Waals surface area contributed by atoms with Crippen molar-refractivity contribution in [2.45, 2.75) is 23.6 Å². The van der Waals surface area contributed by atoms with Gasteiger partial charge in [-0.15, -0.1) is 11.3 Å². The van der Waals surface area contributed by atoms with Gasteiger partial charge in [0, 0.05) is 0 Å². The van der Waals surface area contributed by atoms with Crippen LogP contribution < -0.4 is 4.72 Å². The quantitative estimate of drug-likeness (QED) is 0.714. The van der Waals surface area contributed by atoms with Crippen LogP contribution in [0.5, 0.6) is 0 Å². The van der Waals surface area contributed by atoms with Gasteiger partial charge in [0.2, 0.25) is 0 Å². The fourth-order valence-electron chi connectivity index (χ4n) is 1.16. The second-order valence-corrected chi connectivity index (χ2v) is 7.23. The maximum atomic E-state index is 11.9. The molecule has 1 unspecified atom stereocenters. The molecule has 10 heteroatoms. The van der Waals surface area contributed by atoms with Gasteiger partial charge in [-0.2, -0.15) is 4.72 Å². The average Bonchev–Trinajstić information content (AvgIpc) is 2.58. The van der Waals surface area contributed by atoms with Crippen LogP contribution in [0.15, 0.2) is 10.3 Å². The van der Waals surface area contributed by atoms with E-state index in [4.69, 9.17) is 21.8 Å². The van der Waals surface area contributed by atoms with Crippen LogP contribution >= 0.6 is 22.9 Å². The molecule has 0 bridgehead atoms. The van der Waals surface area contributed by atoms with Gasteiger partial charge in [-0.05, 0) is 18.6 Å². The second-order valence-electron chi connectivity index (χ2n) is 3.63. The van der Waals surface area contributed by atoms with Gasteiger partial charge >= 0.3 is 11.9 Å². The number of carboxylic acid groups (broad SMARTS) is 2. The van der Waals surface area contributed by atoms with Gasteiger partial charge < -0.3 is 10.2 Å². The number of halogens is 1. The minimum absolute atomic E-state index is 0.161. The van der Waals surface area contributed by atoms with Crippen LogP contribution in [0.2, 0.25) is 4.34 Å². The van der Waals surface area contributed by atoms with Crippen molar-refractivity contribution in [2.75, 3.05) is 0 Å². The Morgan fingerprint density at radius 1 is 1.47 bits per heavy atom. The molecule has 0 saturated heterocycles. The maximum absolute atomic E-state index is 11.9. The number of hydrogen-bond donors (Lipinski definition) is 3. The highest BCUT2D eigenvalue weighted by Crippen LogP contribution is 2.30. The number of thiophene rings is 1. The Bertz CT molecular complexity index is 589. The summed E-state index contributed by atoms with van der Waals surface area (Å²) in [5.41, 5.74) is 0.539. The summed E-state index contributed by atoms with van der Waals surface area (Å²) >= 11 is 6.50. The number of aryl methyl sites for hydroxylation is 1. The third kappa shape index (κ3) is 4.16. The van der Waals surface area contributed by atoms with E-state index in [2.05, 4.69) is 0 Å². The predicted octanol–water partition coefficient (Wildman–Crippen LogP) is 0.916. The molecule has 0 spiro atoms. The highest BCUT2D eigenvalue weighted by atomic mass is 35.5. The van der Waals surface area contributed by atoms with Crippen LogP contribution in [-0.4, -0.2) is 36.6 Å². The van der Waals surface area contributed by atoms with E-state index in [0.717, 1.165) is 11.3 Å². The van der Waals surface area contributed by atoms with E-state index < -0.39 is 34.4 Å². The molecule has 19 heavy (non-hydrogen) atoms. The Labute approximate surface area is 117 Å². The van der Waals surface area contributed by atoms with Crippen LogP contribution in [0, 0.1) is 6.92 Å². The van der Waals surface area contributed by atoms with Gasteiger partial charge in [-0.25, -0.2) is 8.42 Å². The lowest BCUT2D eigenvalue weighted by Crippen LogP contribution is -2.41. The molecule has 1 heterocycles. The smallest absolute Gasteiger partial charge is 0.322 e. The van der Waals surface area contributed by atoms with Gasteiger partial charge in [0.1, 0.15) is 10.3 Å². The number of rotatable bonds is 6. The molecule has 1 rings (SSSR count). The van der Waals surface area contributed by atoms with Crippen LogP contribution in [0.25, 0.3) is 0 Å². The van der Waals surface area contributed by atoms with Crippen LogP contribution in [0.4, 0.5) is 0 Å². The first-order valence-electron chi connectivity index (χ1n) is 4.86. The summed E-state index contributed by atoms with van der Waals surface area (Å²) in [7, 11) is -4.11. The SMILES string of the molecule is Cc1cc(S(=O)(=O)NC(CC(=O)O)C(=O)O)sc1Cl. The van der Waals surface area contributed by atoms with E-state index in [-0.39, 0.29) is 8.55 Å². The summed E-state index contributed by atoms with van der Waals surface area (Å²) in [6, 6.07) is -0.446. The van der Waals surface area contributed by atoms with E-state index in [1.165, 1.54) is 6.07 Å². The summed E-state index contributed by atoms with van der Waals surface area (Å²) in [6.45, 7) is 1.60. The monoisotopic (exact) mass is 327 g/mol. The number of sulfonamides is 1. The zero-order valence-corrected chi connectivity index (χ0v) is 12.0. The minimum atomic E-state index is -4.11. The Morgan fingerprint density at radius 3 is 2.42 bits per heavy atom. The zero-order chi connectivity index (χ0) is 14.8. The van der Waals surface area contributed by atoms with Crippen molar-refractivity contribution in [3.63, 3.8) is 0 Å². The third-order valence-electron chi connectivity index (χ3n) is 2.07. The van der Waals surface area contributed by atoms with Gasteiger partial charge in [-0.1, -0.05) is 11.6 Å². The minimum Gasteiger partial charge on any atom is -0.481 e. The van der Waals surface area contributed by atoms with Crippen LogP contribution in [-0.2, 0) is 19.6 Å². The first-order chi connectivity index (χ1) is 8.63. The van der Waals surface area contributed by atoms with E-state index in [9.17, 15) is 18.0 Å². The van der Waals surface area contributed by atoms with Crippen LogP contribution in [0.3, 0.4) is 0 Å². The van der Waals surface area contributed by atoms with Gasteiger partial charge in [-0.3, -0.25) is 9.59 Å². The lowest BCUT2D eigenvalue weighted by atomic mass is 10.2. The lowest BCUT2D eigenvalue weighted by molar-refractivity contribution is -0.145. The van der Waals surface area contributed by atoms with E-state index in [1.807, 2.05) is 4.72 Å². The van der Waals surface area contributed by atoms with Crippen LogP contribution in [0.1, 0.15) is 12.0 Å². The molecule has 3 N–H and O–H groups in total. The largest absolute Gasteiger partial charge is 0.481 e. The van der Waals surface area contributed by atoms with Crippen molar-refractivity contribution in [3.8, 4) is 0 Å². The molecular weight excluding hydrogens is 318 g/mol. The van der Waals surface area contributed by atoms with Gasteiger partial charge in [0.05, 0.1) is 10.8 Å². The Kier molecular flexibility index (Phi) is 4.91. The molecule has 0 aliphatic heterocycles. The zero-order valence-electron chi connectivity index (χ0n) is 9.58. The predicted molar refractivity (Wildman–Crippen MR) is 68.1 cm³/mol. The maximum Gasteiger partial charge on any atom is 0.322 e. The molecule has 0 aliphatic rings. The summed E-state index contributed by atoms with van der Waals surface area (Å²) in [4.78, 5) is 21.3. The molecule has 0 aliphatic carbocycles. The summed E-state index contributed by atoms with van der Waals surface area (Å²) in [6.07, 6.45) is -0.855. The van der Waals surface area contributed by atoms with E-state index >= 15 is 0 Å². The molecule has 0 fully saturated rings. The molecule has 1 aromatic heterocycles. The topological polar surface area (TPSA) is 121 Å². The average molecular weight is 328 g/mol. The molecule has 7 nitrogen and oxygen atoms in total. The highest BCUT2D eigenvalue weighted by Gasteiger charge is 2.28. The standard InChI is InChI=1S/C9H10ClNO6S2/c1-4-2-7(18-8(4)10)19(16,17)11-5(9(14)15)3-6(12)13/h2,5,11H,3H2,1H3,(H,12,13)(H,14,15). The fraction of sp³-hybridized carbons (Fsp3) is 0.333. The molecular formula is C9H10ClNO6S2. The number of aliphatic carboxylic acids is 2. The molecule has 0 aromatic carbocycles. The Morgan fingerprint density at radius 2 is 2.05 bits per heavy atom. The van der Waals surface area contributed by atoms with Gasteiger partial charge in [0.15, 0.2) is 0 Å². The van der Waals surface area contributed by atoms with E-state index in [1.54, 1.807) is 6.92 Å². The van der Waals surface area contributed by atoms with E-state index in [0.29, 0.717) is 5.56 Å². The molecule has 0 saturated carbocycles. The first-order valence-corrected chi connectivity index (χ1v) is 7.54. The lowest BCUT2D eigenvalue weighted by Gasteiger charge is -2.11.